The van der Waals surface area contributed by atoms with Crippen LogP contribution >= 0.6 is 0 Å². The first-order valence-electron chi connectivity index (χ1n) is 10.1. The summed E-state index contributed by atoms with van der Waals surface area (Å²) in [5.41, 5.74) is 5.02. The monoisotopic (exact) mass is 379 g/mol. The molecule has 0 aromatic heterocycles. The quantitative estimate of drug-likeness (QED) is 0.250. The summed E-state index contributed by atoms with van der Waals surface area (Å²) in [6.45, 7) is 4.68. The molecule has 2 aliphatic carbocycles. The summed E-state index contributed by atoms with van der Waals surface area (Å²) in [5.74, 6) is 5.81. The van der Waals surface area contributed by atoms with Crippen molar-refractivity contribution in [1.82, 2.24) is 5.48 Å². The third-order valence-electron chi connectivity index (χ3n) is 5.79. The minimum absolute atomic E-state index is 0.0895. The minimum atomic E-state index is -0.827. The van der Waals surface area contributed by atoms with Gasteiger partial charge in [0.25, 0.3) is 0 Å². The molecule has 0 aromatic carbocycles. The number of fused-ring (bicyclic) bond motifs is 1. The summed E-state index contributed by atoms with van der Waals surface area (Å²) in [4.78, 5) is 15.8. The summed E-state index contributed by atoms with van der Waals surface area (Å²) in [6.07, 6.45) is 4.78. The van der Waals surface area contributed by atoms with Gasteiger partial charge in [0.15, 0.2) is 0 Å². The first kappa shape index (κ1) is 21.7. The number of allylic oxidation sites excluding steroid dienone is 1. The molecule has 0 amide bonds. The van der Waals surface area contributed by atoms with Gasteiger partial charge in [-0.2, -0.15) is 0 Å². The molecule has 1 fully saturated rings. The fourth-order valence-corrected chi connectivity index (χ4v) is 3.85. The first-order valence-corrected chi connectivity index (χ1v) is 10.1. The van der Waals surface area contributed by atoms with Gasteiger partial charge < -0.3 is 15.3 Å². The van der Waals surface area contributed by atoms with Gasteiger partial charge in [-0.15, -0.1) is 0 Å². The largest absolute Gasteiger partial charge is 0.481 e. The van der Waals surface area contributed by atoms with E-state index in [0.717, 1.165) is 37.0 Å². The van der Waals surface area contributed by atoms with Crippen molar-refractivity contribution in [3.63, 3.8) is 0 Å². The molecule has 0 saturated heterocycles. The number of nitrogens with one attached hydrogen (secondary N) is 1. The van der Waals surface area contributed by atoms with E-state index in [2.05, 4.69) is 31.2 Å². The van der Waals surface area contributed by atoms with Crippen molar-refractivity contribution in [2.75, 3.05) is 6.61 Å². The highest BCUT2D eigenvalue weighted by Gasteiger charge is 2.45. The van der Waals surface area contributed by atoms with Crippen molar-refractivity contribution < 1.29 is 25.0 Å². The summed E-state index contributed by atoms with van der Waals surface area (Å²) in [5, 5.41) is 29.1. The van der Waals surface area contributed by atoms with Crippen molar-refractivity contribution in [1.29, 1.82) is 0 Å². The molecule has 2 rings (SSSR count). The number of rotatable bonds is 11. The van der Waals surface area contributed by atoms with E-state index in [1.165, 1.54) is 0 Å². The second kappa shape index (κ2) is 10.7. The van der Waals surface area contributed by atoms with Gasteiger partial charge in [0.05, 0.1) is 18.6 Å². The van der Waals surface area contributed by atoms with Crippen LogP contribution in [0.4, 0.5) is 0 Å². The molecular weight excluding hydrogens is 346 g/mol. The Morgan fingerprint density at radius 3 is 2.70 bits per heavy atom. The van der Waals surface area contributed by atoms with Crippen LogP contribution in [-0.2, 0) is 9.63 Å². The number of carboxylic acid groups (broad SMARTS) is 1. The third-order valence-corrected chi connectivity index (χ3v) is 5.79. The zero-order chi connectivity index (χ0) is 19.8. The lowest BCUT2D eigenvalue weighted by Crippen LogP contribution is -2.32. The Bertz CT molecular complexity index is 587. The fourth-order valence-electron chi connectivity index (χ4n) is 3.85. The number of carbonyl (C=O) groups is 1. The molecular formula is C21H33NO5. The van der Waals surface area contributed by atoms with Gasteiger partial charge in [-0.05, 0) is 43.6 Å². The van der Waals surface area contributed by atoms with Crippen molar-refractivity contribution in [3.8, 4) is 11.8 Å². The molecule has 4 atom stereocenters. The molecule has 6 nitrogen and oxygen atoms in total. The average Bonchev–Trinajstić information content (AvgIpc) is 2.87. The van der Waals surface area contributed by atoms with Gasteiger partial charge in [-0.1, -0.05) is 38.5 Å². The van der Waals surface area contributed by atoms with Crippen molar-refractivity contribution in [2.45, 2.75) is 77.4 Å². The molecule has 0 spiro atoms. The molecule has 152 valence electrons. The number of carboxylic acids is 1. The van der Waals surface area contributed by atoms with Crippen LogP contribution in [0.1, 0.15) is 65.2 Å². The molecule has 0 bridgehead atoms. The van der Waals surface area contributed by atoms with Crippen LogP contribution in [0.2, 0.25) is 0 Å². The topological polar surface area (TPSA) is 99.0 Å². The van der Waals surface area contributed by atoms with Crippen molar-refractivity contribution in [3.05, 3.63) is 11.3 Å². The van der Waals surface area contributed by atoms with E-state index in [1.54, 1.807) is 0 Å². The molecule has 6 heteroatoms. The predicted octanol–water partition coefficient (Wildman–Crippen LogP) is 2.61. The minimum Gasteiger partial charge on any atom is -0.481 e. The number of aliphatic carboxylic acids is 1. The maximum atomic E-state index is 10.5. The molecule has 0 aliphatic heterocycles. The lowest BCUT2D eigenvalue weighted by Gasteiger charge is -2.30. The standard InChI is InChI=1S/C21H33NO5/c1-3-14(4-2)7-9-16(23)10-8-15-12-17-18(21(15)26)13-19(17)22-27-11-5-6-20(24)25/h14-16,18,21-23,26H,3-7,9,11-13H2,1-2H3,(H,24,25). The Morgan fingerprint density at radius 1 is 1.30 bits per heavy atom. The van der Waals surface area contributed by atoms with Gasteiger partial charge in [-0.3, -0.25) is 15.1 Å². The van der Waals surface area contributed by atoms with Gasteiger partial charge in [-0.25, -0.2) is 0 Å². The van der Waals surface area contributed by atoms with Gasteiger partial charge >= 0.3 is 5.97 Å². The summed E-state index contributed by atoms with van der Waals surface area (Å²) < 4.78 is 0. The van der Waals surface area contributed by atoms with Crippen LogP contribution in [0.25, 0.3) is 0 Å². The van der Waals surface area contributed by atoms with Gasteiger partial charge in [0.1, 0.15) is 6.10 Å². The van der Waals surface area contributed by atoms with E-state index >= 15 is 0 Å². The van der Waals surface area contributed by atoms with Crippen LogP contribution in [0.15, 0.2) is 11.3 Å². The SMILES string of the molecule is CCC(CC)CCC(O)C#CC1CC2=C(NOCCCC(=O)O)CC2C1O. The predicted molar refractivity (Wildman–Crippen MR) is 102 cm³/mol. The number of hydroxylamine groups is 1. The number of hydrogen-bond donors (Lipinski definition) is 4. The van der Waals surface area contributed by atoms with E-state index < -0.39 is 18.2 Å². The summed E-state index contributed by atoms with van der Waals surface area (Å²) in [7, 11) is 0. The summed E-state index contributed by atoms with van der Waals surface area (Å²) >= 11 is 0. The van der Waals surface area contributed by atoms with Crippen LogP contribution in [0.5, 0.6) is 0 Å². The lowest BCUT2D eigenvalue weighted by atomic mass is 9.83. The van der Waals surface area contributed by atoms with Crippen LogP contribution in [0.3, 0.4) is 0 Å². The molecule has 2 aliphatic rings. The van der Waals surface area contributed by atoms with Crippen molar-refractivity contribution >= 4 is 5.97 Å². The molecule has 0 radical (unpaired) electrons. The zero-order valence-electron chi connectivity index (χ0n) is 16.4. The maximum Gasteiger partial charge on any atom is 0.303 e. The Morgan fingerprint density at radius 2 is 2.04 bits per heavy atom. The Labute approximate surface area is 161 Å². The van der Waals surface area contributed by atoms with Gasteiger partial charge in [0, 0.05) is 18.0 Å². The second-order valence-corrected chi connectivity index (χ2v) is 7.63. The molecule has 27 heavy (non-hydrogen) atoms. The highest BCUT2D eigenvalue weighted by Crippen LogP contribution is 2.48. The van der Waals surface area contributed by atoms with E-state index in [1.807, 2.05) is 0 Å². The smallest absolute Gasteiger partial charge is 0.303 e. The lowest BCUT2D eigenvalue weighted by molar-refractivity contribution is -0.137. The van der Waals surface area contributed by atoms with E-state index in [-0.39, 0.29) is 18.3 Å². The first-order chi connectivity index (χ1) is 13.0. The Balaban J connectivity index is 1.76. The molecule has 0 aromatic rings. The molecule has 4 N–H and O–H groups in total. The normalized spacial score (nSPS) is 24.9. The highest BCUT2D eigenvalue weighted by molar-refractivity contribution is 5.66. The van der Waals surface area contributed by atoms with E-state index in [4.69, 9.17) is 9.94 Å². The number of aliphatic hydroxyl groups excluding tert-OH is 2. The number of aliphatic hydroxyl groups is 2. The van der Waals surface area contributed by atoms with Gasteiger partial charge in [0.2, 0.25) is 0 Å². The Kier molecular flexibility index (Phi) is 8.62. The van der Waals surface area contributed by atoms with E-state index in [0.29, 0.717) is 31.8 Å². The molecule has 0 heterocycles. The fraction of sp³-hybridized carbons (Fsp3) is 0.762. The van der Waals surface area contributed by atoms with Crippen LogP contribution < -0.4 is 5.48 Å². The van der Waals surface area contributed by atoms with Crippen LogP contribution in [-0.4, -0.2) is 40.1 Å². The zero-order valence-corrected chi connectivity index (χ0v) is 16.4. The second-order valence-electron chi connectivity index (χ2n) is 7.63. The summed E-state index contributed by atoms with van der Waals surface area (Å²) in [6, 6.07) is 0. The Hall–Kier alpha value is -1.55. The van der Waals surface area contributed by atoms with Crippen LogP contribution in [0, 0.1) is 29.6 Å². The molecule has 4 unspecified atom stereocenters. The molecule has 1 saturated carbocycles. The maximum absolute atomic E-state index is 10.5. The van der Waals surface area contributed by atoms with Crippen molar-refractivity contribution in [2.24, 2.45) is 17.8 Å². The highest BCUT2D eigenvalue weighted by atomic mass is 16.6. The third kappa shape index (κ3) is 6.24. The average molecular weight is 379 g/mol. The number of hydrogen-bond acceptors (Lipinski definition) is 5. The van der Waals surface area contributed by atoms with E-state index in [9.17, 15) is 15.0 Å².